The van der Waals surface area contributed by atoms with Crippen molar-refractivity contribution in [2.24, 2.45) is 5.73 Å². The van der Waals surface area contributed by atoms with Gasteiger partial charge in [0.25, 0.3) is 0 Å². The van der Waals surface area contributed by atoms with E-state index in [1.54, 1.807) is 19.4 Å². The Labute approximate surface area is 94.0 Å². The molecule has 1 rings (SSSR count). The number of nitrogens with one attached hydrogen (secondary N) is 1. The maximum atomic E-state index is 5.54. The molecule has 6 heteroatoms. The molecule has 0 aliphatic carbocycles. The molecule has 1 aromatic heterocycles. The third-order valence-electron chi connectivity index (χ3n) is 1.80. The number of thiocarbonyl (C=S) groups is 1. The van der Waals surface area contributed by atoms with Gasteiger partial charge in [0.15, 0.2) is 5.82 Å². The van der Waals surface area contributed by atoms with Gasteiger partial charge in [-0.15, -0.1) is 5.10 Å². The van der Waals surface area contributed by atoms with Gasteiger partial charge in [0, 0.05) is 20.3 Å². The standard InChI is InChI=1S/C9H14N4OS/c1-14-6-2-4-11-9-7(8(10)15)3-5-12-13-9/h3,5H,2,4,6H2,1H3,(H2,10,15)(H,11,13). The lowest BCUT2D eigenvalue weighted by atomic mass is 10.3. The van der Waals surface area contributed by atoms with Gasteiger partial charge in [-0.25, -0.2) is 0 Å². The second-order valence-corrected chi connectivity index (χ2v) is 3.37. The molecule has 0 saturated heterocycles. The summed E-state index contributed by atoms with van der Waals surface area (Å²) in [5.41, 5.74) is 6.26. The molecule has 1 aromatic rings. The summed E-state index contributed by atoms with van der Waals surface area (Å²) < 4.78 is 4.93. The molecular formula is C9H14N4OS. The Kier molecular flexibility index (Phi) is 4.92. The summed E-state index contributed by atoms with van der Waals surface area (Å²) in [4.78, 5) is 0.319. The summed E-state index contributed by atoms with van der Waals surface area (Å²) in [5.74, 6) is 0.626. The number of anilines is 1. The Bertz CT molecular complexity index is 332. The van der Waals surface area contributed by atoms with Crippen molar-refractivity contribution in [1.82, 2.24) is 10.2 Å². The molecule has 0 aromatic carbocycles. The molecule has 0 amide bonds. The Morgan fingerprint density at radius 2 is 2.47 bits per heavy atom. The molecule has 0 aliphatic heterocycles. The Hall–Kier alpha value is -1.27. The molecule has 0 unspecified atom stereocenters. The van der Waals surface area contributed by atoms with Crippen LogP contribution in [-0.4, -0.2) is 35.4 Å². The molecular weight excluding hydrogens is 212 g/mol. The third kappa shape index (κ3) is 3.77. The second kappa shape index (κ2) is 6.26. The molecule has 5 nitrogen and oxygen atoms in total. The van der Waals surface area contributed by atoms with Crippen LogP contribution in [0.25, 0.3) is 0 Å². The predicted molar refractivity (Wildman–Crippen MR) is 62.9 cm³/mol. The van der Waals surface area contributed by atoms with Crippen LogP contribution >= 0.6 is 12.2 Å². The van der Waals surface area contributed by atoms with E-state index in [-0.39, 0.29) is 0 Å². The molecule has 0 spiro atoms. The number of hydrogen-bond donors (Lipinski definition) is 2. The van der Waals surface area contributed by atoms with Crippen molar-refractivity contribution in [1.29, 1.82) is 0 Å². The number of nitrogens with two attached hydrogens (primary N) is 1. The summed E-state index contributed by atoms with van der Waals surface area (Å²) in [7, 11) is 1.67. The van der Waals surface area contributed by atoms with E-state index in [1.807, 2.05) is 0 Å². The van der Waals surface area contributed by atoms with Gasteiger partial charge in [-0.2, -0.15) is 5.10 Å². The largest absolute Gasteiger partial charge is 0.389 e. The molecule has 0 saturated carbocycles. The minimum Gasteiger partial charge on any atom is -0.389 e. The summed E-state index contributed by atoms with van der Waals surface area (Å²) in [6.45, 7) is 1.46. The first-order valence-electron chi connectivity index (χ1n) is 4.60. The smallest absolute Gasteiger partial charge is 0.158 e. The van der Waals surface area contributed by atoms with Gasteiger partial charge in [-0.1, -0.05) is 12.2 Å². The molecule has 3 N–H and O–H groups in total. The van der Waals surface area contributed by atoms with Crippen molar-refractivity contribution < 1.29 is 4.74 Å². The highest BCUT2D eigenvalue weighted by Crippen LogP contribution is 2.09. The van der Waals surface area contributed by atoms with Crippen LogP contribution in [0.3, 0.4) is 0 Å². The van der Waals surface area contributed by atoms with Crippen molar-refractivity contribution in [3.05, 3.63) is 17.8 Å². The van der Waals surface area contributed by atoms with E-state index < -0.39 is 0 Å². The van der Waals surface area contributed by atoms with Crippen molar-refractivity contribution in [3.8, 4) is 0 Å². The number of aromatic nitrogens is 2. The molecule has 0 bridgehead atoms. The molecule has 15 heavy (non-hydrogen) atoms. The lowest BCUT2D eigenvalue weighted by Gasteiger charge is -2.08. The predicted octanol–water partition coefficient (Wildman–Crippen LogP) is 0.559. The summed E-state index contributed by atoms with van der Waals surface area (Å²) in [6.07, 6.45) is 2.46. The second-order valence-electron chi connectivity index (χ2n) is 2.93. The van der Waals surface area contributed by atoms with Crippen LogP contribution in [0.2, 0.25) is 0 Å². The van der Waals surface area contributed by atoms with Crippen LogP contribution in [0.4, 0.5) is 5.82 Å². The van der Waals surface area contributed by atoms with Crippen LogP contribution in [0.5, 0.6) is 0 Å². The SMILES string of the molecule is COCCCNc1nnccc1C(N)=S. The van der Waals surface area contributed by atoms with Gasteiger partial charge in [0.05, 0.1) is 11.8 Å². The first-order valence-corrected chi connectivity index (χ1v) is 5.01. The minimum absolute atomic E-state index is 0.319. The van der Waals surface area contributed by atoms with Gasteiger partial charge < -0.3 is 15.8 Å². The Morgan fingerprint density at radius 3 is 3.13 bits per heavy atom. The summed E-state index contributed by atoms with van der Waals surface area (Å²) in [5, 5.41) is 10.8. The molecule has 0 aliphatic rings. The number of methoxy groups -OCH3 is 1. The highest BCUT2D eigenvalue weighted by Gasteiger charge is 2.05. The number of rotatable bonds is 6. The van der Waals surface area contributed by atoms with Crippen LogP contribution in [0.15, 0.2) is 12.3 Å². The van der Waals surface area contributed by atoms with Crippen LogP contribution in [0.1, 0.15) is 12.0 Å². The lowest BCUT2D eigenvalue weighted by molar-refractivity contribution is 0.197. The van der Waals surface area contributed by atoms with Crippen LogP contribution in [0, 0.1) is 0 Å². The van der Waals surface area contributed by atoms with E-state index in [4.69, 9.17) is 22.7 Å². The monoisotopic (exact) mass is 226 g/mol. The Morgan fingerprint density at radius 1 is 1.67 bits per heavy atom. The summed E-state index contributed by atoms with van der Waals surface area (Å²) in [6, 6.07) is 1.74. The quantitative estimate of drug-likeness (QED) is 0.545. The molecule has 0 radical (unpaired) electrons. The zero-order chi connectivity index (χ0) is 11.1. The van der Waals surface area contributed by atoms with Gasteiger partial charge >= 0.3 is 0 Å². The number of nitrogens with zero attached hydrogens (tertiary/aromatic N) is 2. The molecule has 1 heterocycles. The zero-order valence-electron chi connectivity index (χ0n) is 8.56. The first kappa shape index (κ1) is 11.8. The highest BCUT2D eigenvalue weighted by atomic mass is 32.1. The van der Waals surface area contributed by atoms with E-state index >= 15 is 0 Å². The maximum Gasteiger partial charge on any atom is 0.158 e. The number of hydrogen-bond acceptors (Lipinski definition) is 5. The minimum atomic E-state index is 0.319. The van der Waals surface area contributed by atoms with Crippen LogP contribution in [-0.2, 0) is 4.74 Å². The molecule has 0 atom stereocenters. The average molecular weight is 226 g/mol. The van der Waals surface area contributed by atoms with Crippen molar-refractivity contribution >= 4 is 23.0 Å². The van der Waals surface area contributed by atoms with Gasteiger partial charge in [0.2, 0.25) is 0 Å². The van der Waals surface area contributed by atoms with Crippen molar-refractivity contribution in [3.63, 3.8) is 0 Å². The normalized spacial score (nSPS) is 9.93. The summed E-state index contributed by atoms with van der Waals surface area (Å²) >= 11 is 4.90. The zero-order valence-corrected chi connectivity index (χ0v) is 9.38. The lowest BCUT2D eigenvalue weighted by Crippen LogP contribution is -2.16. The molecule has 0 fully saturated rings. The van der Waals surface area contributed by atoms with Crippen molar-refractivity contribution in [2.75, 3.05) is 25.6 Å². The van der Waals surface area contributed by atoms with E-state index in [2.05, 4.69) is 15.5 Å². The van der Waals surface area contributed by atoms with Crippen LogP contribution < -0.4 is 11.1 Å². The van der Waals surface area contributed by atoms with E-state index in [1.165, 1.54) is 0 Å². The number of ether oxygens (including phenoxy) is 1. The van der Waals surface area contributed by atoms with Gasteiger partial charge in [-0.3, -0.25) is 0 Å². The third-order valence-corrected chi connectivity index (χ3v) is 2.02. The van der Waals surface area contributed by atoms with Gasteiger partial charge in [0.1, 0.15) is 4.99 Å². The van der Waals surface area contributed by atoms with E-state index in [0.717, 1.165) is 18.5 Å². The fraction of sp³-hybridized carbons (Fsp3) is 0.444. The topological polar surface area (TPSA) is 73.1 Å². The fourth-order valence-electron chi connectivity index (χ4n) is 1.08. The average Bonchev–Trinajstić information content (AvgIpc) is 2.25. The van der Waals surface area contributed by atoms with Gasteiger partial charge in [-0.05, 0) is 12.5 Å². The fourth-order valence-corrected chi connectivity index (χ4v) is 1.25. The van der Waals surface area contributed by atoms with Crippen molar-refractivity contribution in [2.45, 2.75) is 6.42 Å². The van der Waals surface area contributed by atoms with E-state index in [9.17, 15) is 0 Å². The Balaban J connectivity index is 2.56. The maximum absolute atomic E-state index is 5.54. The van der Waals surface area contributed by atoms with E-state index in [0.29, 0.717) is 17.4 Å². The molecule has 82 valence electrons. The first-order chi connectivity index (χ1) is 7.25. The highest BCUT2D eigenvalue weighted by molar-refractivity contribution is 7.80.